The Labute approximate surface area is 354 Å². The topological polar surface area (TPSA) is 149 Å². The van der Waals surface area contributed by atoms with E-state index < -0.39 is 23.9 Å². The summed E-state index contributed by atoms with van der Waals surface area (Å²) in [5.41, 5.74) is 3.69. The lowest BCUT2D eigenvalue weighted by molar-refractivity contribution is 0.0684. The van der Waals surface area contributed by atoms with Gasteiger partial charge in [-0.05, 0) is 97.5 Å². The van der Waals surface area contributed by atoms with Crippen molar-refractivity contribution >= 4 is 23.9 Å². The average Bonchev–Trinajstić information content (AvgIpc) is 3.24. The summed E-state index contributed by atoms with van der Waals surface area (Å²) < 4.78 is 0. The van der Waals surface area contributed by atoms with Gasteiger partial charge in [-0.1, -0.05) is 113 Å². The molecular formula is C52H52O8. The van der Waals surface area contributed by atoms with Gasteiger partial charge in [-0.2, -0.15) is 0 Å². The summed E-state index contributed by atoms with van der Waals surface area (Å²) in [6.45, 7) is 8.33. The van der Waals surface area contributed by atoms with Crippen LogP contribution in [0, 0.1) is 47.4 Å². The Morgan fingerprint density at radius 2 is 0.733 bits per heavy atom. The largest absolute Gasteiger partial charge is 0.478 e. The van der Waals surface area contributed by atoms with Crippen LogP contribution < -0.4 is 0 Å². The quantitative estimate of drug-likeness (QED) is 0.0727. The van der Waals surface area contributed by atoms with Crippen molar-refractivity contribution in [3.05, 3.63) is 117 Å². The average molecular weight is 805 g/mol. The molecule has 60 heavy (non-hydrogen) atoms. The van der Waals surface area contributed by atoms with Crippen LogP contribution >= 0.6 is 0 Å². The molecule has 0 aromatic heterocycles. The first-order valence-corrected chi connectivity index (χ1v) is 20.4. The summed E-state index contributed by atoms with van der Waals surface area (Å²) in [5, 5.41) is 38.9. The van der Waals surface area contributed by atoms with E-state index in [0.29, 0.717) is 57.3 Å². The van der Waals surface area contributed by atoms with E-state index in [2.05, 4.69) is 75.1 Å². The zero-order valence-electron chi connectivity index (χ0n) is 34.8. The minimum atomic E-state index is -1.13. The van der Waals surface area contributed by atoms with Crippen molar-refractivity contribution in [1.29, 1.82) is 0 Å². The molecule has 0 aliphatic heterocycles. The molecule has 0 aliphatic rings. The molecule has 4 aromatic carbocycles. The van der Waals surface area contributed by atoms with Crippen molar-refractivity contribution in [2.45, 2.75) is 105 Å². The fourth-order valence-corrected chi connectivity index (χ4v) is 5.98. The molecule has 0 spiro atoms. The van der Waals surface area contributed by atoms with Crippen molar-refractivity contribution in [2.75, 3.05) is 0 Å². The first-order chi connectivity index (χ1) is 29.0. The minimum Gasteiger partial charge on any atom is -0.478 e. The van der Waals surface area contributed by atoms with Crippen molar-refractivity contribution in [2.24, 2.45) is 0 Å². The van der Waals surface area contributed by atoms with Crippen LogP contribution in [0.15, 0.2) is 72.8 Å². The maximum Gasteiger partial charge on any atom is 0.336 e. The minimum absolute atomic E-state index is 0.0163. The second-order valence-electron chi connectivity index (χ2n) is 13.8. The summed E-state index contributed by atoms with van der Waals surface area (Å²) in [6, 6.07) is 19.2. The summed E-state index contributed by atoms with van der Waals surface area (Å²) >= 11 is 0. The van der Waals surface area contributed by atoms with Gasteiger partial charge in [-0.25, -0.2) is 19.2 Å². The lowest BCUT2D eigenvalue weighted by Crippen LogP contribution is -2.07. The maximum absolute atomic E-state index is 12.0. The van der Waals surface area contributed by atoms with Gasteiger partial charge in [0.25, 0.3) is 0 Å². The number of rotatable bonds is 14. The standard InChI is InChI=1S/2C26H26O4/c1-3-5-7-9-13-19-15-11-17-21(25(27)28)23(19)24-20(14-10-8-6-4-2)16-12-18-22(24)26(29)30;1-3-5-7-9-11-19-13-15-21(25(27)28)23(17-19)24-18-20(12-10-8-6-4-2)14-16-22(24)26(29)30/h11-12,15-18H,3-8H2,1-2H3,(H,27,28)(H,29,30);13-18H,3-8H2,1-2H3,(H,27,28)(H,29,30). The third-order valence-corrected chi connectivity index (χ3v) is 9.16. The molecule has 4 aromatic rings. The van der Waals surface area contributed by atoms with Crippen LogP contribution in [0.25, 0.3) is 22.3 Å². The van der Waals surface area contributed by atoms with Crippen molar-refractivity contribution in [3.63, 3.8) is 0 Å². The molecule has 4 N–H and O–H groups in total. The maximum atomic E-state index is 12.0. The first-order valence-electron chi connectivity index (χ1n) is 20.4. The normalized spacial score (nSPS) is 9.80. The summed E-state index contributed by atoms with van der Waals surface area (Å²) in [6.07, 6.45) is 10.9. The lowest BCUT2D eigenvalue weighted by atomic mass is 9.87. The van der Waals surface area contributed by atoms with Gasteiger partial charge in [0.2, 0.25) is 0 Å². The van der Waals surface area contributed by atoms with E-state index >= 15 is 0 Å². The number of aromatic carboxylic acids is 4. The van der Waals surface area contributed by atoms with Crippen molar-refractivity contribution in [3.8, 4) is 69.6 Å². The molecule has 0 heterocycles. The highest BCUT2D eigenvalue weighted by Crippen LogP contribution is 2.34. The predicted molar refractivity (Wildman–Crippen MR) is 237 cm³/mol. The van der Waals surface area contributed by atoms with Gasteiger partial charge in [0, 0.05) is 59.1 Å². The van der Waals surface area contributed by atoms with Crippen molar-refractivity contribution < 1.29 is 39.6 Å². The Hall–Kier alpha value is -7.00. The van der Waals surface area contributed by atoms with Gasteiger partial charge in [-0.15, -0.1) is 0 Å². The highest BCUT2D eigenvalue weighted by molar-refractivity contribution is 6.05. The van der Waals surface area contributed by atoms with Crippen LogP contribution in [0.4, 0.5) is 0 Å². The summed E-state index contributed by atoms with van der Waals surface area (Å²) in [7, 11) is 0. The highest BCUT2D eigenvalue weighted by Gasteiger charge is 2.23. The first kappa shape index (κ1) is 47.4. The van der Waals surface area contributed by atoms with Crippen molar-refractivity contribution in [1.82, 2.24) is 0 Å². The smallest absolute Gasteiger partial charge is 0.336 e. The summed E-state index contributed by atoms with van der Waals surface area (Å²) in [4.78, 5) is 47.6. The predicted octanol–water partition coefficient (Wildman–Crippen LogP) is 11.7. The molecule has 8 heteroatoms. The molecule has 0 aliphatic carbocycles. The molecule has 308 valence electrons. The molecule has 0 bridgehead atoms. The Kier molecular flexibility index (Phi) is 20.0. The number of benzene rings is 4. The highest BCUT2D eigenvalue weighted by atomic mass is 16.4. The third kappa shape index (κ3) is 14.1. The monoisotopic (exact) mass is 804 g/mol. The van der Waals surface area contributed by atoms with E-state index in [4.69, 9.17) is 0 Å². The van der Waals surface area contributed by atoms with Crippen LogP contribution in [-0.4, -0.2) is 44.3 Å². The van der Waals surface area contributed by atoms with Crippen LogP contribution in [-0.2, 0) is 0 Å². The van der Waals surface area contributed by atoms with E-state index in [0.717, 1.165) is 64.2 Å². The molecule has 0 radical (unpaired) electrons. The number of unbranched alkanes of at least 4 members (excludes halogenated alkanes) is 8. The number of carboxylic acid groups (broad SMARTS) is 4. The van der Waals surface area contributed by atoms with Gasteiger partial charge in [-0.3, -0.25) is 0 Å². The van der Waals surface area contributed by atoms with Gasteiger partial charge in [0.05, 0.1) is 22.3 Å². The lowest BCUT2D eigenvalue weighted by Gasteiger charge is -2.14. The zero-order chi connectivity index (χ0) is 43.9. The molecule has 0 amide bonds. The Balaban J connectivity index is 0.000000320. The zero-order valence-corrected chi connectivity index (χ0v) is 34.8. The Bertz CT molecular complexity index is 2260. The fourth-order valence-electron chi connectivity index (χ4n) is 5.98. The second-order valence-corrected chi connectivity index (χ2v) is 13.8. The van der Waals surface area contributed by atoms with Gasteiger partial charge < -0.3 is 20.4 Å². The van der Waals surface area contributed by atoms with E-state index in [1.165, 1.54) is 24.3 Å². The summed E-state index contributed by atoms with van der Waals surface area (Å²) in [5.74, 6) is 20.0. The number of hydrogen-bond acceptors (Lipinski definition) is 4. The molecular weight excluding hydrogens is 753 g/mol. The van der Waals surface area contributed by atoms with E-state index in [-0.39, 0.29) is 22.3 Å². The number of carboxylic acids is 4. The van der Waals surface area contributed by atoms with Crippen LogP contribution in [0.5, 0.6) is 0 Å². The second kappa shape index (κ2) is 25.4. The van der Waals surface area contributed by atoms with Crippen LogP contribution in [0.2, 0.25) is 0 Å². The van der Waals surface area contributed by atoms with Crippen LogP contribution in [0.1, 0.15) is 168 Å². The molecule has 4 rings (SSSR count). The Morgan fingerprint density at radius 3 is 1.03 bits per heavy atom. The molecule has 0 fully saturated rings. The third-order valence-electron chi connectivity index (χ3n) is 9.16. The Morgan fingerprint density at radius 1 is 0.417 bits per heavy atom. The SMILES string of the molecule is CCCCC#Cc1ccc(C(=O)O)c(-c2cc(C#CCCCC)ccc2C(=O)O)c1.CCCCC#Cc1cccc(C(=O)O)c1-c1c(C#CCCCC)cccc1C(=O)O. The number of hydrogen-bond donors (Lipinski definition) is 4. The van der Waals surface area contributed by atoms with Gasteiger partial charge >= 0.3 is 23.9 Å². The number of carbonyl (C=O) groups is 4. The molecule has 0 saturated heterocycles. The molecule has 0 atom stereocenters. The van der Waals surface area contributed by atoms with Gasteiger partial charge in [0.1, 0.15) is 0 Å². The van der Waals surface area contributed by atoms with E-state index in [1.54, 1.807) is 48.5 Å². The van der Waals surface area contributed by atoms with Crippen LogP contribution in [0.3, 0.4) is 0 Å². The van der Waals surface area contributed by atoms with Gasteiger partial charge in [0.15, 0.2) is 0 Å². The van der Waals surface area contributed by atoms with E-state index in [9.17, 15) is 39.6 Å². The molecule has 0 unspecified atom stereocenters. The van der Waals surface area contributed by atoms with E-state index in [1.807, 2.05) is 0 Å². The fraction of sp³-hybridized carbons (Fsp3) is 0.308. The molecule has 0 saturated carbocycles. The molecule has 8 nitrogen and oxygen atoms in total.